The van der Waals surface area contributed by atoms with E-state index >= 15 is 0 Å². The van der Waals surface area contributed by atoms with Gasteiger partial charge in [-0.15, -0.1) is 0 Å². The number of rotatable bonds is 13. The second kappa shape index (κ2) is 14.5. The molecule has 0 saturated carbocycles. The summed E-state index contributed by atoms with van der Waals surface area (Å²) in [5.41, 5.74) is 9.26. The molecule has 4 amide bonds. The lowest BCUT2D eigenvalue weighted by atomic mass is 10.0. The van der Waals surface area contributed by atoms with Crippen molar-refractivity contribution in [3.05, 3.63) is 78.0 Å². The first-order chi connectivity index (χ1) is 19.6. The molecule has 3 aromatic rings. The van der Waals surface area contributed by atoms with Crippen molar-refractivity contribution in [1.29, 1.82) is 0 Å². The predicted octanol–water partition coefficient (Wildman–Crippen LogP) is 1.49. The van der Waals surface area contributed by atoms with E-state index in [2.05, 4.69) is 25.8 Å². The number of ether oxygens (including phenoxy) is 1. The second-order valence-corrected chi connectivity index (χ2v) is 9.63. The van der Waals surface area contributed by atoms with E-state index in [1.165, 1.54) is 18.2 Å². The van der Waals surface area contributed by atoms with Crippen LogP contribution in [-0.4, -0.2) is 71.4 Å². The fourth-order valence-corrected chi connectivity index (χ4v) is 3.99. The van der Waals surface area contributed by atoms with Crippen LogP contribution in [0.5, 0.6) is 0 Å². The monoisotopic (exact) mass is 562 g/mol. The lowest BCUT2D eigenvalue weighted by molar-refractivity contribution is -0.131. The number of amides is 4. The van der Waals surface area contributed by atoms with E-state index in [4.69, 9.17) is 5.73 Å². The number of nitrogens with two attached hydrogens (primary N) is 1. The molecule has 0 spiro atoms. The number of nitrogens with one attached hydrogen (secondary N) is 3. The highest BCUT2D eigenvalue weighted by Gasteiger charge is 2.30. The van der Waals surface area contributed by atoms with Gasteiger partial charge in [-0.25, -0.2) is 14.8 Å². The Bertz CT molecular complexity index is 1400. The molecule has 12 nitrogen and oxygen atoms in total. The molecule has 0 radical (unpaired) electrons. The van der Waals surface area contributed by atoms with Crippen LogP contribution in [0.1, 0.15) is 36.3 Å². The number of ketones is 1. The van der Waals surface area contributed by atoms with Gasteiger partial charge in [0.05, 0.1) is 31.6 Å². The van der Waals surface area contributed by atoms with Crippen molar-refractivity contribution in [3.63, 3.8) is 0 Å². The van der Waals surface area contributed by atoms with Crippen molar-refractivity contribution in [1.82, 2.24) is 26.1 Å². The molecule has 0 unspecified atom stereocenters. The number of pyridine rings is 1. The number of hydrogen-bond acceptors (Lipinski definition) is 8. The molecule has 5 N–H and O–H groups in total. The molecule has 0 saturated heterocycles. The number of primary amides is 1. The summed E-state index contributed by atoms with van der Waals surface area (Å²) in [7, 11) is 1.20. The first-order valence-electron chi connectivity index (χ1n) is 13.0. The Morgan fingerprint density at radius 1 is 0.902 bits per heavy atom. The number of carbonyl (C=O) groups excluding carboxylic acids is 5. The zero-order valence-electron chi connectivity index (χ0n) is 23.1. The Kier molecular flexibility index (Phi) is 10.9. The van der Waals surface area contributed by atoms with Crippen LogP contribution in [0.2, 0.25) is 0 Å². The minimum absolute atomic E-state index is 0.0457. The third-order valence-electron chi connectivity index (χ3n) is 6.22. The predicted molar refractivity (Wildman–Crippen MR) is 151 cm³/mol. The average molecular weight is 563 g/mol. The number of benzene rings is 2. The molecule has 2 aromatic carbocycles. The van der Waals surface area contributed by atoms with E-state index < -0.39 is 48.1 Å². The molecule has 0 bridgehead atoms. The second-order valence-electron chi connectivity index (χ2n) is 9.63. The van der Waals surface area contributed by atoms with Crippen LogP contribution in [0.4, 0.5) is 4.79 Å². The maximum atomic E-state index is 13.4. The minimum Gasteiger partial charge on any atom is -0.452 e. The van der Waals surface area contributed by atoms with Gasteiger partial charge in [-0.2, -0.15) is 0 Å². The zero-order chi connectivity index (χ0) is 29.9. The van der Waals surface area contributed by atoms with Crippen molar-refractivity contribution in [2.75, 3.05) is 13.7 Å². The van der Waals surface area contributed by atoms with Gasteiger partial charge in [0.25, 0.3) is 5.91 Å². The van der Waals surface area contributed by atoms with Crippen molar-refractivity contribution in [2.24, 2.45) is 5.73 Å². The Balaban J connectivity index is 1.81. The molecule has 0 aliphatic rings. The topological polar surface area (TPSA) is 173 Å². The number of methoxy groups -OCH3 is 1. The van der Waals surface area contributed by atoms with Gasteiger partial charge in [0, 0.05) is 11.4 Å². The molecule has 3 rings (SSSR count). The van der Waals surface area contributed by atoms with Gasteiger partial charge in [-0.3, -0.25) is 24.6 Å². The lowest BCUT2D eigenvalue weighted by Crippen LogP contribution is -2.56. The molecule has 0 fully saturated rings. The van der Waals surface area contributed by atoms with Gasteiger partial charge in [-0.05, 0) is 38.0 Å². The molecule has 1 aromatic heterocycles. The number of hydrazine groups is 1. The molecule has 2 atom stereocenters. The van der Waals surface area contributed by atoms with Crippen LogP contribution in [0.3, 0.4) is 0 Å². The van der Waals surface area contributed by atoms with Crippen molar-refractivity contribution >= 4 is 40.5 Å². The molecule has 0 aliphatic carbocycles. The van der Waals surface area contributed by atoms with E-state index in [0.717, 1.165) is 10.9 Å². The molecule has 0 aliphatic heterocycles. The average Bonchev–Trinajstić information content (AvgIpc) is 2.95. The number of hydrogen-bond donors (Lipinski definition) is 4. The molecule has 41 heavy (non-hydrogen) atoms. The smallest absolute Gasteiger partial charge is 0.421 e. The number of Topliss-reactive ketones (excluding diaryl/α,β-unsaturated/α-hetero) is 1. The summed E-state index contributed by atoms with van der Waals surface area (Å²) >= 11 is 0. The SMILES string of the molecule is COC(=O)NN(CC(=O)[C@H](Cc1ccccc1)NC(=O)[C@@H](CC(N)=O)NC(=O)c1ccc2ccccc2n1)C(C)C. The molecule has 12 heteroatoms. The summed E-state index contributed by atoms with van der Waals surface area (Å²) in [6, 6.07) is 16.8. The largest absolute Gasteiger partial charge is 0.452 e. The highest BCUT2D eigenvalue weighted by molar-refractivity contribution is 6.00. The van der Waals surface area contributed by atoms with Crippen LogP contribution in [-0.2, 0) is 25.5 Å². The van der Waals surface area contributed by atoms with Crippen molar-refractivity contribution in [2.45, 2.75) is 44.8 Å². The van der Waals surface area contributed by atoms with E-state index in [-0.39, 0.29) is 24.7 Å². The quantitative estimate of drug-likeness (QED) is 0.227. The number of fused-ring (bicyclic) bond motifs is 1. The fourth-order valence-electron chi connectivity index (χ4n) is 3.99. The number of para-hydroxylation sites is 1. The van der Waals surface area contributed by atoms with Crippen molar-refractivity contribution in [3.8, 4) is 0 Å². The fraction of sp³-hybridized carbons (Fsp3) is 0.310. The molecule has 1 heterocycles. The van der Waals surface area contributed by atoms with E-state index in [9.17, 15) is 24.0 Å². The minimum atomic E-state index is -1.37. The first kappa shape index (κ1) is 30.7. The summed E-state index contributed by atoms with van der Waals surface area (Å²) < 4.78 is 4.64. The zero-order valence-corrected chi connectivity index (χ0v) is 23.1. The molecular formula is C29H34N6O6. The van der Waals surface area contributed by atoms with Crippen LogP contribution in [0, 0.1) is 0 Å². The Morgan fingerprint density at radius 3 is 2.24 bits per heavy atom. The summed E-state index contributed by atoms with van der Waals surface area (Å²) in [6.45, 7) is 3.29. The molecule has 216 valence electrons. The van der Waals surface area contributed by atoms with Gasteiger partial charge in [0.2, 0.25) is 11.8 Å². The third-order valence-corrected chi connectivity index (χ3v) is 6.22. The van der Waals surface area contributed by atoms with Gasteiger partial charge < -0.3 is 21.1 Å². The van der Waals surface area contributed by atoms with E-state index in [1.54, 1.807) is 56.3 Å². The maximum absolute atomic E-state index is 13.4. The summed E-state index contributed by atoms with van der Waals surface area (Å²) in [4.78, 5) is 67.8. The number of aromatic nitrogens is 1. The summed E-state index contributed by atoms with van der Waals surface area (Å²) in [5.74, 6) is -2.70. The lowest BCUT2D eigenvalue weighted by Gasteiger charge is -2.28. The number of nitrogens with zero attached hydrogens (tertiary/aromatic N) is 2. The standard InChI is InChI=1S/C29H34N6O6/c1-18(2)35(34-29(40)41-3)17-25(36)23(15-19-9-5-4-6-10-19)32-28(39)24(16-26(30)37)33-27(38)22-14-13-20-11-7-8-12-21(20)31-22/h4-14,18,23-24H,15-17H2,1-3H3,(H2,30,37)(H,32,39)(H,33,38)(H,34,40)/t23-,24+/m0/s1. The Morgan fingerprint density at radius 2 is 1.59 bits per heavy atom. The number of carbonyl (C=O) groups is 5. The van der Waals surface area contributed by atoms with Crippen LogP contribution >= 0.6 is 0 Å². The first-order valence-corrected chi connectivity index (χ1v) is 13.0. The maximum Gasteiger partial charge on any atom is 0.421 e. The van der Waals surface area contributed by atoms with Crippen LogP contribution < -0.4 is 21.8 Å². The van der Waals surface area contributed by atoms with E-state index in [1.807, 2.05) is 18.2 Å². The highest BCUT2D eigenvalue weighted by Crippen LogP contribution is 2.12. The summed E-state index contributed by atoms with van der Waals surface area (Å²) in [6.07, 6.45) is -1.12. The van der Waals surface area contributed by atoms with Gasteiger partial charge in [0.15, 0.2) is 5.78 Å². The molecular weight excluding hydrogens is 528 g/mol. The van der Waals surface area contributed by atoms with Gasteiger partial charge >= 0.3 is 6.09 Å². The van der Waals surface area contributed by atoms with Gasteiger partial charge in [-0.1, -0.05) is 54.6 Å². The van der Waals surface area contributed by atoms with E-state index in [0.29, 0.717) is 5.52 Å². The highest BCUT2D eigenvalue weighted by atomic mass is 16.5. The normalized spacial score (nSPS) is 12.4. The summed E-state index contributed by atoms with van der Waals surface area (Å²) in [5, 5.41) is 7.40. The van der Waals surface area contributed by atoms with Crippen molar-refractivity contribution < 1.29 is 28.7 Å². The Labute approximate surface area is 237 Å². The third kappa shape index (κ3) is 9.11. The van der Waals surface area contributed by atoms with Crippen LogP contribution in [0.25, 0.3) is 10.9 Å². The Hall–Kier alpha value is -4.84. The van der Waals surface area contributed by atoms with Gasteiger partial charge in [0.1, 0.15) is 11.7 Å². The van der Waals surface area contributed by atoms with Crippen LogP contribution in [0.15, 0.2) is 66.7 Å².